The van der Waals surface area contributed by atoms with Crippen LogP contribution in [0.4, 0.5) is 0 Å². The first-order chi connectivity index (χ1) is 27.5. The lowest BCUT2D eigenvalue weighted by atomic mass is 10.1. The van der Waals surface area contributed by atoms with E-state index in [1.807, 2.05) is 27.2 Å². The number of carbonyl (C=O) groups is 1. The first-order valence-electron chi connectivity index (χ1n) is 23.2. The van der Waals surface area contributed by atoms with Gasteiger partial charge in [-0.05, 0) is 77.0 Å². The molecule has 0 spiro atoms. The Morgan fingerprint density at radius 1 is 0.596 bits per heavy atom. The van der Waals surface area contributed by atoms with Crippen molar-refractivity contribution in [2.45, 2.75) is 199 Å². The second-order valence-electron chi connectivity index (χ2n) is 16.8. The number of hydrogen-bond donors (Lipinski definition) is 3. The van der Waals surface area contributed by atoms with Gasteiger partial charge in [0.25, 0.3) is 0 Å². The van der Waals surface area contributed by atoms with E-state index in [9.17, 15) is 19.4 Å². The van der Waals surface area contributed by atoms with Crippen molar-refractivity contribution < 1.29 is 32.9 Å². The number of nitrogens with one attached hydrogen (secondary N) is 1. The zero-order valence-corrected chi connectivity index (χ0v) is 38.5. The monoisotopic (exact) mass is 822 g/mol. The molecular formula is C48H90N2O6P+. The van der Waals surface area contributed by atoms with Crippen molar-refractivity contribution in [2.24, 2.45) is 0 Å². The summed E-state index contributed by atoms with van der Waals surface area (Å²) in [5.74, 6) is -0.198. The number of unbranched alkanes of at least 4 members (excludes halogenated alkanes) is 20. The minimum Gasteiger partial charge on any atom is -0.387 e. The molecule has 0 aromatic heterocycles. The van der Waals surface area contributed by atoms with Crippen LogP contribution in [0, 0.1) is 0 Å². The van der Waals surface area contributed by atoms with Crippen LogP contribution < -0.4 is 5.32 Å². The van der Waals surface area contributed by atoms with Crippen molar-refractivity contribution in [3.05, 3.63) is 60.8 Å². The van der Waals surface area contributed by atoms with Gasteiger partial charge in [0.05, 0.1) is 39.9 Å². The maximum Gasteiger partial charge on any atom is 0.472 e. The minimum absolute atomic E-state index is 0.0505. The molecule has 0 aromatic carbocycles. The molecular weight excluding hydrogens is 732 g/mol. The quantitative estimate of drug-likeness (QED) is 0.0245. The molecule has 0 aliphatic carbocycles. The number of nitrogens with zero attached hydrogens (tertiary/aromatic N) is 1. The smallest absolute Gasteiger partial charge is 0.387 e. The summed E-state index contributed by atoms with van der Waals surface area (Å²) in [4.78, 5) is 23.1. The lowest BCUT2D eigenvalue weighted by molar-refractivity contribution is -0.870. The number of rotatable bonds is 41. The predicted octanol–water partition coefficient (Wildman–Crippen LogP) is 13.0. The minimum atomic E-state index is -4.35. The van der Waals surface area contributed by atoms with Crippen molar-refractivity contribution >= 4 is 13.7 Å². The Kier molecular flexibility index (Phi) is 38.4. The van der Waals surface area contributed by atoms with Crippen LogP contribution in [0.3, 0.4) is 0 Å². The number of phosphoric ester groups is 1. The molecule has 0 rings (SSSR count). The number of likely N-dealkylation sites (N-methyl/N-ethyl adjacent to an activating group) is 1. The van der Waals surface area contributed by atoms with Crippen LogP contribution in [0.15, 0.2) is 60.8 Å². The van der Waals surface area contributed by atoms with E-state index in [0.717, 1.165) is 51.4 Å². The molecule has 0 saturated heterocycles. The van der Waals surface area contributed by atoms with Gasteiger partial charge >= 0.3 is 7.82 Å². The highest BCUT2D eigenvalue weighted by molar-refractivity contribution is 7.47. The number of aliphatic hydroxyl groups is 1. The van der Waals surface area contributed by atoms with Crippen LogP contribution in [0.1, 0.15) is 187 Å². The molecule has 57 heavy (non-hydrogen) atoms. The van der Waals surface area contributed by atoms with Gasteiger partial charge < -0.3 is 19.8 Å². The molecule has 8 nitrogen and oxygen atoms in total. The van der Waals surface area contributed by atoms with Gasteiger partial charge in [-0.25, -0.2) is 4.57 Å². The lowest BCUT2D eigenvalue weighted by Gasteiger charge is -2.25. The number of amides is 1. The average Bonchev–Trinajstić information content (AvgIpc) is 3.16. The largest absolute Gasteiger partial charge is 0.472 e. The third-order valence-electron chi connectivity index (χ3n) is 9.94. The molecule has 0 radical (unpaired) electrons. The lowest BCUT2D eigenvalue weighted by Crippen LogP contribution is -2.45. The highest BCUT2D eigenvalue weighted by atomic mass is 31.2. The van der Waals surface area contributed by atoms with E-state index in [4.69, 9.17) is 9.05 Å². The van der Waals surface area contributed by atoms with Crippen LogP contribution in [0.25, 0.3) is 0 Å². The molecule has 9 heteroatoms. The van der Waals surface area contributed by atoms with Gasteiger partial charge in [-0.15, -0.1) is 0 Å². The van der Waals surface area contributed by atoms with E-state index in [1.54, 1.807) is 6.08 Å². The van der Waals surface area contributed by atoms with Crippen molar-refractivity contribution in [1.29, 1.82) is 0 Å². The molecule has 0 saturated carbocycles. The van der Waals surface area contributed by atoms with Crippen molar-refractivity contribution in [2.75, 3.05) is 40.9 Å². The fraction of sp³-hybridized carbons (Fsp3) is 0.771. The summed E-state index contributed by atoms with van der Waals surface area (Å²) in [7, 11) is 1.54. The van der Waals surface area contributed by atoms with Gasteiger partial charge in [0.1, 0.15) is 13.2 Å². The second-order valence-corrected chi connectivity index (χ2v) is 18.2. The summed E-state index contributed by atoms with van der Waals surface area (Å²) < 4.78 is 23.5. The zero-order chi connectivity index (χ0) is 42.1. The molecule has 3 unspecified atom stereocenters. The molecule has 3 N–H and O–H groups in total. The van der Waals surface area contributed by atoms with Gasteiger partial charge in [0.15, 0.2) is 0 Å². The number of quaternary nitrogens is 1. The Hall–Kier alpha value is -1.80. The molecule has 0 aliphatic heterocycles. The number of aliphatic hydroxyl groups excluding tert-OH is 1. The van der Waals surface area contributed by atoms with Crippen molar-refractivity contribution in [3.63, 3.8) is 0 Å². The maximum absolute atomic E-state index is 12.9. The normalized spacial score (nSPS) is 14.9. The molecule has 0 heterocycles. The van der Waals surface area contributed by atoms with Crippen molar-refractivity contribution in [3.8, 4) is 0 Å². The summed E-state index contributed by atoms with van der Waals surface area (Å²) >= 11 is 0. The third-order valence-corrected chi connectivity index (χ3v) is 10.9. The van der Waals surface area contributed by atoms with E-state index < -0.39 is 20.0 Å². The van der Waals surface area contributed by atoms with E-state index in [-0.39, 0.29) is 19.1 Å². The Bertz CT molecular complexity index is 1110. The molecule has 0 aromatic rings. The third kappa shape index (κ3) is 42.1. The summed E-state index contributed by atoms with van der Waals surface area (Å²) in [5.41, 5.74) is 0. The first-order valence-corrected chi connectivity index (χ1v) is 24.7. The fourth-order valence-electron chi connectivity index (χ4n) is 6.22. The van der Waals surface area contributed by atoms with Crippen LogP contribution in [-0.4, -0.2) is 73.4 Å². The standard InChI is InChI=1S/C48H89N2O6P/c1-6-8-10-12-14-16-18-20-22-24-25-26-28-30-32-34-36-38-40-42-48(52)49-46(45-56-57(53,54)55-44-43-50(3,4)5)47(51)41-39-37-35-33-31-29-27-23-21-19-17-15-13-11-9-7-2/h14,16,20-23,31,33,39,41,46-47,51H,6-13,15,17-19,24-30,32,34-38,40,42-45H2,1-5H3,(H-,49,52,53,54)/p+1/b16-14-,22-20-,23-21+,33-31+,41-39+. The Morgan fingerprint density at radius 2 is 1.02 bits per heavy atom. The summed E-state index contributed by atoms with van der Waals surface area (Å²) in [6, 6.07) is -0.873. The van der Waals surface area contributed by atoms with Gasteiger partial charge in [-0.3, -0.25) is 13.8 Å². The predicted molar refractivity (Wildman–Crippen MR) is 244 cm³/mol. The molecule has 0 bridgehead atoms. The second kappa shape index (κ2) is 39.6. The fourth-order valence-corrected chi connectivity index (χ4v) is 6.95. The highest BCUT2D eigenvalue weighted by Gasteiger charge is 2.27. The Morgan fingerprint density at radius 3 is 1.54 bits per heavy atom. The van der Waals surface area contributed by atoms with Gasteiger partial charge in [0.2, 0.25) is 5.91 Å². The zero-order valence-electron chi connectivity index (χ0n) is 37.6. The molecule has 1 amide bonds. The highest BCUT2D eigenvalue weighted by Crippen LogP contribution is 2.43. The van der Waals surface area contributed by atoms with E-state index in [0.29, 0.717) is 17.4 Å². The summed E-state index contributed by atoms with van der Waals surface area (Å²) in [6.45, 7) is 4.73. The summed E-state index contributed by atoms with van der Waals surface area (Å²) in [5, 5.41) is 13.8. The SMILES string of the molecule is CCCCC/C=C\C/C=C\CCCCCCCCCCCC(=O)NC(COP(=O)(O)OCC[N+](C)(C)C)C(O)/C=C/CC/C=C/CC/C=C/CCCCCCCC. The topological polar surface area (TPSA) is 105 Å². The number of allylic oxidation sites excluding steroid dienone is 9. The van der Waals surface area contributed by atoms with Crippen molar-refractivity contribution in [1.82, 2.24) is 5.32 Å². The average molecular weight is 822 g/mol. The van der Waals surface area contributed by atoms with Gasteiger partial charge in [-0.1, -0.05) is 164 Å². The number of phosphoric acid groups is 1. The van der Waals surface area contributed by atoms with E-state index in [2.05, 4.69) is 67.8 Å². The number of carbonyl (C=O) groups excluding carboxylic acids is 1. The van der Waals surface area contributed by atoms with E-state index >= 15 is 0 Å². The summed E-state index contributed by atoms with van der Waals surface area (Å²) in [6.07, 6.45) is 51.4. The van der Waals surface area contributed by atoms with Crippen LogP contribution >= 0.6 is 7.82 Å². The number of hydrogen-bond acceptors (Lipinski definition) is 5. The van der Waals surface area contributed by atoms with Crippen LogP contribution in [0.2, 0.25) is 0 Å². The van der Waals surface area contributed by atoms with Gasteiger partial charge in [-0.2, -0.15) is 0 Å². The Labute approximate surface area is 351 Å². The van der Waals surface area contributed by atoms with Gasteiger partial charge in [0, 0.05) is 6.42 Å². The Balaban J connectivity index is 4.47. The van der Waals surface area contributed by atoms with E-state index in [1.165, 1.54) is 116 Å². The maximum atomic E-state index is 12.9. The molecule has 3 atom stereocenters. The first kappa shape index (κ1) is 55.2. The molecule has 0 aliphatic rings. The van der Waals surface area contributed by atoms with Crippen LogP contribution in [0.5, 0.6) is 0 Å². The van der Waals surface area contributed by atoms with Crippen LogP contribution in [-0.2, 0) is 18.4 Å². The molecule has 332 valence electrons. The molecule has 0 fully saturated rings.